The molecule has 0 saturated heterocycles. The molecule has 1 unspecified atom stereocenters. The molecule has 0 fully saturated rings. The summed E-state index contributed by atoms with van der Waals surface area (Å²) in [6.45, 7) is 3.49. The van der Waals surface area contributed by atoms with E-state index in [4.69, 9.17) is 5.11 Å². The number of aliphatic hydroxyl groups excluding tert-OH is 1. The van der Waals surface area contributed by atoms with Crippen LogP contribution in [0.1, 0.15) is 24.2 Å². The Balaban J connectivity index is 3.17. The third kappa shape index (κ3) is 3.65. The summed E-state index contributed by atoms with van der Waals surface area (Å²) >= 11 is 0. The molecule has 7 nitrogen and oxygen atoms in total. The molecule has 0 aliphatic rings. The summed E-state index contributed by atoms with van der Waals surface area (Å²) in [5, 5.41) is 31.8. The Bertz CT molecular complexity index is 487. The summed E-state index contributed by atoms with van der Waals surface area (Å²) in [5.41, 5.74) is -0.171. The highest BCUT2D eigenvalue weighted by Crippen LogP contribution is 2.27. The van der Waals surface area contributed by atoms with Gasteiger partial charge in [0.2, 0.25) is 0 Å². The van der Waals surface area contributed by atoms with E-state index < -0.39 is 10.9 Å². The van der Waals surface area contributed by atoms with Crippen LogP contribution in [-0.2, 0) is 0 Å². The first-order chi connectivity index (χ1) is 8.86. The number of hydrogen-bond donors (Lipinski definition) is 3. The second-order valence-corrected chi connectivity index (χ2v) is 4.47. The number of rotatable bonds is 6. The minimum absolute atomic E-state index is 0.0399. The second kappa shape index (κ2) is 6.14. The minimum atomic E-state index is -1.16. The molecule has 0 bridgehead atoms. The average molecular weight is 268 g/mol. The van der Waals surface area contributed by atoms with Crippen LogP contribution in [0.25, 0.3) is 0 Å². The molecule has 1 atom stereocenters. The number of nitrogens with zero attached hydrogens (tertiary/aromatic N) is 1. The molecular weight excluding hydrogens is 252 g/mol. The van der Waals surface area contributed by atoms with Crippen LogP contribution in [0.2, 0.25) is 0 Å². The number of nitro groups is 1. The van der Waals surface area contributed by atoms with Gasteiger partial charge in [-0.3, -0.25) is 10.1 Å². The van der Waals surface area contributed by atoms with Gasteiger partial charge in [-0.1, -0.05) is 13.8 Å². The van der Waals surface area contributed by atoms with Crippen molar-refractivity contribution < 1.29 is 19.9 Å². The lowest BCUT2D eigenvalue weighted by Gasteiger charge is -2.21. The predicted octanol–water partition coefficient (Wildman–Crippen LogP) is 1.72. The highest BCUT2D eigenvalue weighted by Gasteiger charge is 2.20. The lowest BCUT2D eigenvalue weighted by Crippen LogP contribution is -2.29. The van der Waals surface area contributed by atoms with E-state index in [0.29, 0.717) is 0 Å². The summed E-state index contributed by atoms with van der Waals surface area (Å²) in [4.78, 5) is 21.2. The highest BCUT2D eigenvalue weighted by atomic mass is 16.6. The molecule has 104 valence electrons. The molecule has 0 saturated carbocycles. The van der Waals surface area contributed by atoms with E-state index in [0.717, 1.165) is 6.07 Å². The quantitative estimate of drug-likeness (QED) is 0.535. The fourth-order valence-corrected chi connectivity index (χ4v) is 1.57. The zero-order valence-electron chi connectivity index (χ0n) is 10.7. The van der Waals surface area contributed by atoms with Gasteiger partial charge in [-0.2, -0.15) is 0 Å². The van der Waals surface area contributed by atoms with Crippen molar-refractivity contribution in [1.82, 2.24) is 0 Å². The number of aromatic carboxylic acids is 1. The largest absolute Gasteiger partial charge is 0.478 e. The van der Waals surface area contributed by atoms with Crippen LogP contribution in [0, 0.1) is 16.0 Å². The number of aliphatic hydroxyl groups is 1. The van der Waals surface area contributed by atoms with Gasteiger partial charge in [-0.15, -0.1) is 0 Å². The number of carbonyl (C=O) groups is 1. The summed E-state index contributed by atoms with van der Waals surface area (Å²) in [5.74, 6) is -1.12. The Morgan fingerprint density at radius 3 is 2.53 bits per heavy atom. The molecule has 0 aliphatic carbocycles. The van der Waals surface area contributed by atoms with Gasteiger partial charge in [0.1, 0.15) is 5.69 Å². The standard InChI is InChI=1S/C12H16N2O5/c1-7(2)10(6-15)13-9-5-8(12(16)17)3-4-11(9)14(18)19/h3-5,7,10,13,15H,6H2,1-2H3,(H,16,17). The minimum Gasteiger partial charge on any atom is -0.478 e. The Morgan fingerprint density at radius 2 is 2.11 bits per heavy atom. The van der Waals surface area contributed by atoms with Crippen LogP contribution >= 0.6 is 0 Å². The highest BCUT2D eigenvalue weighted by molar-refractivity contribution is 5.90. The van der Waals surface area contributed by atoms with Crippen molar-refractivity contribution in [3.05, 3.63) is 33.9 Å². The molecule has 7 heteroatoms. The van der Waals surface area contributed by atoms with Crippen molar-refractivity contribution >= 4 is 17.3 Å². The van der Waals surface area contributed by atoms with Gasteiger partial charge >= 0.3 is 5.97 Å². The molecule has 0 aliphatic heterocycles. The van der Waals surface area contributed by atoms with Crippen LogP contribution in [0.15, 0.2) is 18.2 Å². The number of hydrogen-bond acceptors (Lipinski definition) is 5. The molecule has 0 amide bonds. The summed E-state index contributed by atoms with van der Waals surface area (Å²) in [6, 6.07) is 3.13. The van der Waals surface area contributed by atoms with Gasteiger partial charge in [0.15, 0.2) is 0 Å². The average Bonchev–Trinajstić information content (AvgIpc) is 2.34. The zero-order chi connectivity index (χ0) is 14.6. The van der Waals surface area contributed by atoms with Crippen molar-refractivity contribution in [3.8, 4) is 0 Å². The van der Waals surface area contributed by atoms with Gasteiger partial charge < -0.3 is 15.5 Å². The fourth-order valence-electron chi connectivity index (χ4n) is 1.57. The normalized spacial score (nSPS) is 12.2. The van der Waals surface area contributed by atoms with E-state index in [2.05, 4.69) is 5.32 Å². The maximum atomic E-state index is 10.9. The first-order valence-electron chi connectivity index (χ1n) is 5.76. The zero-order valence-corrected chi connectivity index (χ0v) is 10.7. The molecule has 0 aromatic heterocycles. The predicted molar refractivity (Wildman–Crippen MR) is 69.4 cm³/mol. The molecule has 1 aromatic rings. The van der Waals surface area contributed by atoms with Crippen LogP contribution in [0.3, 0.4) is 0 Å². The lowest BCUT2D eigenvalue weighted by molar-refractivity contribution is -0.384. The van der Waals surface area contributed by atoms with Gasteiger partial charge in [0.25, 0.3) is 5.69 Å². The maximum absolute atomic E-state index is 10.9. The van der Waals surface area contributed by atoms with Gasteiger partial charge in [-0.05, 0) is 18.1 Å². The SMILES string of the molecule is CC(C)C(CO)Nc1cc(C(=O)O)ccc1[N+](=O)[O-]. The van der Waals surface area contributed by atoms with E-state index in [1.54, 1.807) is 0 Å². The molecule has 0 radical (unpaired) electrons. The van der Waals surface area contributed by atoms with Crippen molar-refractivity contribution in [1.29, 1.82) is 0 Å². The van der Waals surface area contributed by atoms with Crippen molar-refractivity contribution in [2.45, 2.75) is 19.9 Å². The topological polar surface area (TPSA) is 113 Å². The summed E-state index contributed by atoms with van der Waals surface area (Å²) < 4.78 is 0. The molecule has 3 N–H and O–H groups in total. The maximum Gasteiger partial charge on any atom is 0.335 e. The van der Waals surface area contributed by atoms with Crippen LogP contribution in [0.5, 0.6) is 0 Å². The number of anilines is 1. The number of benzene rings is 1. The molecule has 0 spiro atoms. The number of nitro benzene ring substituents is 1. The lowest BCUT2D eigenvalue weighted by atomic mass is 10.0. The van der Waals surface area contributed by atoms with Crippen LogP contribution in [-0.4, -0.2) is 33.8 Å². The number of nitrogens with one attached hydrogen (secondary N) is 1. The Hall–Kier alpha value is -2.15. The summed E-state index contributed by atoms with van der Waals surface area (Å²) in [6.07, 6.45) is 0. The van der Waals surface area contributed by atoms with E-state index in [1.165, 1.54) is 12.1 Å². The van der Waals surface area contributed by atoms with E-state index in [-0.39, 0.29) is 35.5 Å². The van der Waals surface area contributed by atoms with Gasteiger partial charge in [-0.25, -0.2) is 4.79 Å². The number of carboxylic acid groups (broad SMARTS) is 1. The van der Waals surface area contributed by atoms with Gasteiger partial charge in [0, 0.05) is 6.07 Å². The van der Waals surface area contributed by atoms with Crippen molar-refractivity contribution in [2.75, 3.05) is 11.9 Å². The van der Waals surface area contributed by atoms with Crippen molar-refractivity contribution in [2.24, 2.45) is 5.92 Å². The first-order valence-corrected chi connectivity index (χ1v) is 5.76. The Kier molecular flexibility index (Phi) is 4.82. The molecular formula is C12H16N2O5. The monoisotopic (exact) mass is 268 g/mol. The van der Waals surface area contributed by atoms with Crippen molar-refractivity contribution in [3.63, 3.8) is 0 Å². The third-order valence-electron chi connectivity index (χ3n) is 2.78. The van der Waals surface area contributed by atoms with E-state index in [1.807, 2.05) is 13.8 Å². The van der Waals surface area contributed by atoms with E-state index >= 15 is 0 Å². The van der Waals surface area contributed by atoms with Crippen LogP contribution in [0.4, 0.5) is 11.4 Å². The van der Waals surface area contributed by atoms with E-state index in [9.17, 15) is 20.0 Å². The number of carboxylic acids is 1. The molecule has 1 rings (SSSR count). The molecule has 1 aromatic carbocycles. The van der Waals surface area contributed by atoms with Gasteiger partial charge in [0.05, 0.1) is 23.1 Å². The first kappa shape index (κ1) is 14.9. The second-order valence-electron chi connectivity index (χ2n) is 4.47. The Morgan fingerprint density at radius 1 is 1.47 bits per heavy atom. The smallest absolute Gasteiger partial charge is 0.335 e. The fraction of sp³-hybridized carbons (Fsp3) is 0.417. The third-order valence-corrected chi connectivity index (χ3v) is 2.78. The molecule has 19 heavy (non-hydrogen) atoms. The van der Waals surface area contributed by atoms with Crippen LogP contribution < -0.4 is 5.32 Å². The molecule has 0 heterocycles. The summed E-state index contributed by atoms with van der Waals surface area (Å²) in [7, 11) is 0. The Labute approximate surface area is 110 Å².